The van der Waals surface area contributed by atoms with Crippen molar-refractivity contribution in [2.45, 2.75) is 44.4 Å². The minimum atomic E-state index is 0.146. The molecule has 1 aromatic rings. The van der Waals surface area contributed by atoms with E-state index in [9.17, 15) is 0 Å². The van der Waals surface area contributed by atoms with Crippen molar-refractivity contribution in [1.29, 1.82) is 0 Å². The molecule has 2 aliphatic rings. The van der Waals surface area contributed by atoms with Gasteiger partial charge in [0.05, 0.1) is 13.7 Å². The fourth-order valence-corrected chi connectivity index (χ4v) is 2.45. The molecule has 110 valence electrons. The SMILES string of the molecule is COc1cc(CNC2CC2)ccc1OC1CCCOC1. The van der Waals surface area contributed by atoms with Crippen molar-refractivity contribution in [2.75, 3.05) is 20.3 Å². The second-order valence-corrected chi connectivity index (χ2v) is 5.60. The molecule has 0 spiro atoms. The van der Waals surface area contributed by atoms with E-state index in [0.717, 1.165) is 43.5 Å². The van der Waals surface area contributed by atoms with Crippen LogP contribution in [0.4, 0.5) is 0 Å². The minimum absolute atomic E-state index is 0.146. The van der Waals surface area contributed by atoms with Gasteiger partial charge in [-0.1, -0.05) is 6.07 Å². The van der Waals surface area contributed by atoms with Gasteiger partial charge < -0.3 is 19.5 Å². The standard InChI is InChI=1S/C16H23NO3/c1-18-16-9-12(10-17-13-5-6-13)4-7-15(16)20-14-3-2-8-19-11-14/h4,7,9,13-14,17H,2-3,5-6,8,10-11H2,1H3. The van der Waals surface area contributed by atoms with Crippen LogP contribution in [0.3, 0.4) is 0 Å². The predicted molar refractivity (Wildman–Crippen MR) is 77.3 cm³/mol. The molecule has 0 amide bonds. The molecule has 1 unspecified atom stereocenters. The van der Waals surface area contributed by atoms with Gasteiger partial charge in [0, 0.05) is 19.2 Å². The highest BCUT2D eigenvalue weighted by Gasteiger charge is 2.21. The van der Waals surface area contributed by atoms with Gasteiger partial charge in [0.1, 0.15) is 6.10 Å². The lowest BCUT2D eigenvalue weighted by Gasteiger charge is -2.24. The molecule has 0 bridgehead atoms. The molecule has 4 heteroatoms. The number of hydrogen-bond acceptors (Lipinski definition) is 4. The van der Waals surface area contributed by atoms with Crippen LogP contribution in [0.1, 0.15) is 31.2 Å². The highest BCUT2D eigenvalue weighted by atomic mass is 16.5. The molecule has 1 aromatic carbocycles. The van der Waals surface area contributed by atoms with E-state index in [4.69, 9.17) is 14.2 Å². The molecule has 1 aliphatic heterocycles. The Morgan fingerprint density at radius 1 is 1.25 bits per heavy atom. The summed E-state index contributed by atoms with van der Waals surface area (Å²) >= 11 is 0. The smallest absolute Gasteiger partial charge is 0.161 e. The summed E-state index contributed by atoms with van der Waals surface area (Å²) in [6.07, 6.45) is 4.87. The Balaban J connectivity index is 1.62. The first-order valence-electron chi connectivity index (χ1n) is 7.50. The van der Waals surface area contributed by atoms with Gasteiger partial charge in [0.25, 0.3) is 0 Å². The lowest BCUT2D eigenvalue weighted by atomic mass is 10.1. The van der Waals surface area contributed by atoms with Crippen molar-refractivity contribution < 1.29 is 14.2 Å². The monoisotopic (exact) mass is 277 g/mol. The maximum Gasteiger partial charge on any atom is 0.161 e. The summed E-state index contributed by atoms with van der Waals surface area (Å²) in [6.45, 7) is 2.42. The Morgan fingerprint density at radius 3 is 2.85 bits per heavy atom. The normalized spacial score (nSPS) is 22.6. The van der Waals surface area contributed by atoms with Crippen molar-refractivity contribution >= 4 is 0 Å². The lowest BCUT2D eigenvalue weighted by molar-refractivity contribution is 0.00643. The largest absolute Gasteiger partial charge is 0.493 e. The van der Waals surface area contributed by atoms with Gasteiger partial charge in [-0.2, -0.15) is 0 Å². The Morgan fingerprint density at radius 2 is 2.15 bits per heavy atom. The van der Waals surface area contributed by atoms with E-state index in [2.05, 4.69) is 17.4 Å². The summed E-state index contributed by atoms with van der Waals surface area (Å²) in [5, 5.41) is 3.51. The molecule has 1 N–H and O–H groups in total. The quantitative estimate of drug-likeness (QED) is 0.867. The molecule has 1 saturated heterocycles. The summed E-state index contributed by atoms with van der Waals surface area (Å²) in [7, 11) is 1.69. The fourth-order valence-electron chi connectivity index (χ4n) is 2.45. The van der Waals surface area contributed by atoms with Crippen LogP contribution >= 0.6 is 0 Å². The van der Waals surface area contributed by atoms with Gasteiger partial charge in [0.15, 0.2) is 11.5 Å². The predicted octanol–water partition coefficient (Wildman–Crippen LogP) is 2.51. The number of benzene rings is 1. The highest BCUT2D eigenvalue weighted by Crippen LogP contribution is 2.30. The maximum absolute atomic E-state index is 6.00. The first-order valence-corrected chi connectivity index (χ1v) is 7.50. The molecule has 1 aliphatic carbocycles. The lowest BCUT2D eigenvalue weighted by Crippen LogP contribution is -2.28. The molecular weight excluding hydrogens is 254 g/mol. The summed E-state index contributed by atoms with van der Waals surface area (Å²) in [5.41, 5.74) is 1.24. The third-order valence-corrected chi connectivity index (χ3v) is 3.81. The van der Waals surface area contributed by atoms with Crippen LogP contribution in [0.25, 0.3) is 0 Å². The summed E-state index contributed by atoms with van der Waals surface area (Å²) in [6, 6.07) is 6.90. The van der Waals surface area contributed by atoms with Gasteiger partial charge in [-0.05, 0) is 43.4 Å². The third kappa shape index (κ3) is 3.64. The molecule has 1 saturated carbocycles. The van der Waals surface area contributed by atoms with E-state index in [-0.39, 0.29) is 6.10 Å². The number of hydrogen-bond donors (Lipinski definition) is 1. The van der Waals surface area contributed by atoms with Gasteiger partial charge in [-0.3, -0.25) is 0 Å². The van der Waals surface area contributed by atoms with Crippen LogP contribution in [0.2, 0.25) is 0 Å². The maximum atomic E-state index is 6.00. The van der Waals surface area contributed by atoms with E-state index in [1.165, 1.54) is 18.4 Å². The second kappa shape index (κ2) is 6.46. The zero-order valence-corrected chi connectivity index (χ0v) is 12.1. The van der Waals surface area contributed by atoms with Crippen LogP contribution in [-0.4, -0.2) is 32.5 Å². The van der Waals surface area contributed by atoms with E-state index >= 15 is 0 Å². The number of methoxy groups -OCH3 is 1. The molecule has 1 heterocycles. The highest BCUT2D eigenvalue weighted by molar-refractivity contribution is 5.43. The molecular formula is C16H23NO3. The summed E-state index contributed by atoms with van der Waals surface area (Å²) in [5.74, 6) is 1.63. The van der Waals surface area contributed by atoms with Crippen LogP contribution in [0.15, 0.2) is 18.2 Å². The topological polar surface area (TPSA) is 39.7 Å². The number of nitrogens with one attached hydrogen (secondary N) is 1. The van der Waals surface area contributed by atoms with E-state index in [1.54, 1.807) is 7.11 Å². The molecule has 0 aromatic heterocycles. The second-order valence-electron chi connectivity index (χ2n) is 5.60. The molecule has 3 rings (SSSR count). The molecule has 0 radical (unpaired) electrons. The van der Waals surface area contributed by atoms with Crippen molar-refractivity contribution in [3.8, 4) is 11.5 Å². The van der Waals surface area contributed by atoms with Crippen molar-refractivity contribution in [3.63, 3.8) is 0 Å². The molecule has 20 heavy (non-hydrogen) atoms. The van der Waals surface area contributed by atoms with Crippen LogP contribution in [0.5, 0.6) is 11.5 Å². The Bertz CT molecular complexity index is 439. The zero-order chi connectivity index (χ0) is 13.8. The van der Waals surface area contributed by atoms with Gasteiger partial charge in [-0.25, -0.2) is 0 Å². The van der Waals surface area contributed by atoms with Gasteiger partial charge in [-0.15, -0.1) is 0 Å². The minimum Gasteiger partial charge on any atom is -0.493 e. The summed E-state index contributed by atoms with van der Waals surface area (Å²) in [4.78, 5) is 0. The number of rotatable bonds is 6. The van der Waals surface area contributed by atoms with E-state index < -0.39 is 0 Å². The third-order valence-electron chi connectivity index (χ3n) is 3.81. The zero-order valence-electron chi connectivity index (χ0n) is 12.1. The van der Waals surface area contributed by atoms with Gasteiger partial charge >= 0.3 is 0 Å². The van der Waals surface area contributed by atoms with Crippen LogP contribution < -0.4 is 14.8 Å². The van der Waals surface area contributed by atoms with E-state index in [1.807, 2.05) is 6.07 Å². The summed E-state index contributed by atoms with van der Waals surface area (Å²) < 4.78 is 16.9. The molecule has 4 nitrogen and oxygen atoms in total. The average molecular weight is 277 g/mol. The average Bonchev–Trinajstić information content (AvgIpc) is 3.31. The van der Waals surface area contributed by atoms with E-state index in [0.29, 0.717) is 6.61 Å². The van der Waals surface area contributed by atoms with Crippen molar-refractivity contribution in [1.82, 2.24) is 5.32 Å². The Kier molecular flexibility index (Phi) is 4.43. The van der Waals surface area contributed by atoms with Crippen molar-refractivity contribution in [3.05, 3.63) is 23.8 Å². The number of ether oxygens (including phenoxy) is 3. The molecule has 2 fully saturated rings. The fraction of sp³-hybridized carbons (Fsp3) is 0.625. The van der Waals surface area contributed by atoms with Crippen LogP contribution in [-0.2, 0) is 11.3 Å². The first-order chi connectivity index (χ1) is 9.85. The Labute approximate surface area is 120 Å². The van der Waals surface area contributed by atoms with Crippen molar-refractivity contribution in [2.24, 2.45) is 0 Å². The van der Waals surface area contributed by atoms with Gasteiger partial charge in [0.2, 0.25) is 0 Å². The first kappa shape index (κ1) is 13.7. The Hall–Kier alpha value is -1.26. The van der Waals surface area contributed by atoms with Crippen LogP contribution in [0, 0.1) is 0 Å². The molecule has 1 atom stereocenters.